The van der Waals surface area contributed by atoms with E-state index in [-0.39, 0.29) is 17.9 Å². The van der Waals surface area contributed by atoms with Gasteiger partial charge < -0.3 is 19.5 Å². The van der Waals surface area contributed by atoms with Crippen molar-refractivity contribution in [2.45, 2.75) is 32.4 Å². The van der Waals surface area contributed by atoms with Gasteiger partial charge in [0.15, 0.2) is 5.11 Å². The second-order valence-electron chi connectivity index (χ2n) is 9.27. The fourth-order valence-corrected chi connectivity index (χ4v) is 5.68. The van der Waals surface area contributed by atoms with Gasteiger partial charge in [0.1, 0.15) is 5.82 Å². The molecule has 35 heavy (non-hydrogen) atoms. The Morgan fingerprint density at radius 2 is 1.86 bits per heavy atom. The second-order valence-corrected chi connectivity index (χ2v) is 9.65. The topological polar surface area (TPSA) is 45.6 Å². The number of rotatable bonds is 7. The number of pyridine rings is 1. The van der Waals surface area contributed by atoms with E-state index in [0.29, 0.717) is 0 Å². The van der Waals surface area contributed by atoms with Gasteiger partial charge in [-0.25, -0.2) is 4.39 Å². The van der Waals surface area contributed by atoms with Crippen LogP contribution in [0.15, 0.2) is 54.7 Å². The summed E-state index contributed by atoms with van der Waals surface area (Å²) < 4.78 is 21.3. The van der Waals surface area contributed by atoms with Crippen molar-refractivity contribution in [1.29, 1.82) is 0 Å². The number of ether oxygens (including phenoxy) is 1. The fourth-order valence-electron chi connectivity index (χ4n) is 5.35. The van der Waals surface area contributed by atoms with Gasteiger partial charge in [0.05, 0.1) is 31.0 Å². The number of nitrogens with zero attached hydrogens (tertiary/aromatic N) is 4. The molecule has 6 nitrogen and oxygen atoms in total. The summed E-state index contributed by atoms with van der Waals surface area (Å²) in [5, 5.41) is 4.33. The first-order chi connectivity index (χ1) is 17.0. The summed E-state index contributed by atoms with van der Waals surface area (Å²) in [6, 6.07) is 14.9. The van der Waals surface area contributed by atoms with E-state index >= 15 is 0 Å². The number of benzene rings is 1. The van der Waals surface area contributed by atoms with Gasteiger partial charge in [-0.1, -0.05) is 6.07 Å². The number of hydrogen-bond donors (Lipinski definition) is 1. The molecule has 1 aromatic carbocycles. The average Bonchev–Trinajstić information content (AvgIpc) is 3.36. The van der Waals surface area contributed by atoms with E-state index in [1.54, 1.807) is 0 Å². The van der Waals surface area contributed by atoms with Crippen LogP contribution in [0.3, 0.4) is 0 Å². The number of halogens is 1. The van der Waals surface area contributed by atoms with E-state index < -0.39 is 0 Å². The van der Waals surface area contributed by atoms with Crippen LogP contribution in [0, 0.1) is 19.7 Å². The van der Waals surface area contributed by atoms with E-state index in [4.69, 9.17) is 17.0 Å². The first-order valence-corrected chi connectivity index (χ1v) is 12.7. The largest absolute Gasteiger partial charge is 0.379 e. The standard InChI is InChI=1S/C27H32FN5OS/c1-19-18-23(20(2)33(19)22-9-7-21(28)8-10-22)26-25(24-6-3-4-11-29-24)30-27(35)32(26)13-5-12-31-14-16-34-17-15-31/h3-4,6-11,18,25-26H,5,12-17H2,1-2H3,(H,30,35)/t25-,26-/m1/s1. The van der Waals surface area contributed by atoms with E-state index in [9.17, 15) is 4.39 Å². The smallest absolute Gasteiger partial charge is 0.170 e. The molecule has 8 heteroatoms. The Kier molecular flexibility index (Phi) is 7.13. The first-order valence-electron chi connectivity index (χ1n) is 12.3. The minimum atomic E-state index is -0.233. The van der Waals surface area contributed by atoms with Crippen molar-refractivity contribution in [3.63, 3.8) is 0 Å². The van der Waals surface area contributed by atoms with E-state index in [1.807, 2.05) is 30.5 Å². The third kappa shape index (κ3) is 4.96. The molecular formula is C27H32FN5OS. The summed E-state index contributed by atoms with van der Waals surface area (Å²) in [4.78, 5) is 9.45. The highest BCUT2D eigenvalue weighted by Gasteiger charge is 2.41. The molecule has 5 rings (SSSR count). The summed E-state index contributed by atoms with van der Waals surface area (Å²) in [7, 11) is 0. The molecule has 2 aliphatic heterocycles. The fraction of sp³-hybridized carbons (Fsp3) is 0.407. The molecule has 2 fully saturated rings. The van der Waals surface area contributed by atoms with Crippen LogP contribution in [0.1, 0.15) is 41.1 Å². The van der Waals surface area contributed by atoms with E-state index in [1.165, 1.54) is 17.7 Å². The third-order valence-electron chi connectivity index (χ3n) is 7.05. The summed E-state index contributed by atoms with van der Waals surface area (Å²) in [5.41, 5.74) is 5.37. The second kappa shape index (κ2) is 10.4. The molecule has 1 N–H and O–H groups in total. The lowest BCUT2D eigenvalue weighted by Gasteiger charge is -2.30. The van der Waals surface area contributed by atoms with Crippen molar-refractivity contribution in [1.82, 2.24) is 24.7 Å². The van der Waals surface area contributed by atoms with Gasteiger partial charge in [-0.2, -0.15) is 0 Å². The average molecular weight is 494 g/mol. The summed E-state index contributed by atoms with van der Waals surface area (Å²) in [6.07, 6.45) is 2.85. The van der Waals surface area contributed by atoms with Gasteiger partial charge in [0.25, 0.3) is 0 Å². The Bertz CT molecular complexity index is 1160. The number of nitrogens with one attached hydrogen (secondary N) is 1. The lowest BCUT2D eigenvalue weighted by Crippen LogP contribution is -2.39. The summed E-state index contributed by atoms with van der Waals surface area (Å²) in [6.45, 7) is 9.71. The first kappa shape index (κ1) is 23.9. The maximum atomic E-state index is 13.6. The third-order valence-corrected chi connectivity index (χ3v) is 7.40. The van der Waals surface area contributed by atoms with E-state index in [2.05, 4.69) is 50.6 Å². The summed E-state index contributed by atoms with van der Waals surface area (Å²) >= 11 is 5.86. The van der Waals surface area contributed by atoms with Gasteiger partial charge in [0.2, 0.25) is 0 Å². The number of morpholine rings is 1. The van der Waals surface area contributed by atoms with Crippen molar-refractivity contribution in [3.8, 4) is 5.69 Å². The Morgan fingerprint density at radius 1 is 1.09 bits per heavy atom. The highest BCUT2D eigenvalue weighted by Crippen LogP contribution is 2.41. The molecule has 2 saturated heterocycles. The zero-order valence-corrected chi connectivity index (χ0v) is 21.1. The van der Waals surface area contributed by atoms with E-state index in [0.717, 1.165) is 73.7 Å². The number of aryl methyl sites for hydroxylation is 1. The Balaban J connectivity index is 1.47. The molecular weight excluding hydrogens is 461 g/mol. The molecule has 0 radical (unpaired) electrons. The van der Waals surface area contributed by atoms with Crippen LogP contribution in [-0.2, 0) is 4.74 Å². The minimum Gasteiger partial charge on any atom is -0.379 e. The van der Waals surface area contributed by atoms with Gasteiger partial charge in [-0.15, -0.1) is 0 Å². The predicted octanol–water partition coefficient (Wildman–Crippen LogP) is 4.32. The minimum absolute atomic E-state index is 0.0162. The monoisotopic (exact) mass is 493 g/mol. The molecule has 4 heterocycles. The van der Waals surface area contributed by atoms with Crippen LogP contribution in [0.2, 0.25) is 0 Å². The van der Waals surface area contributed by atoms with Crippen LogP contribution in [0.4, 0.5) is 4.39 Å². The molecule has 0 spiro atoms. The maximum Gasteiger partial charge on any atom is 0.170 e. The number of hydrogen-bond acceptors (Lipinski definition) is 4. The van der Waals surface area contributed by atoms with Crippen LogP contribution in [-0.4, -0.2) is 63.9 Å². The zero-order chi connectivity index (χ0) is 24.4. The quantitative estimate of drug-likeness (QED) is 0.495. The van der Waals surface area contributed by atoms with Crippen LogP contribution < -0.4 is 5.32 Å². The molecule has 2 atom stereocenters. The van der Waals surface area contributed by atoms with Crippen molar-refractivity contribution in [3.05, 3.63) is 83.2 Å². The molecule has 2 aromatic heterocycles. The van der Waals surface area contributed by atoms with Crippen molar-refractivity contribution >= 4 is 17.3 Å². The van der Waals surface area contributed by atoms with Crippen LogP contribution in [0.25, 0.3) is 5.69 Å². The van der Waals surface area contributed by atoms with Gasteiger partial charge in [-0.05, 0) is 80.5 Å². The van der Waals surface area contributed by atoms with Gasteiger partial charge in [-0.3, -0.25) is 9.88 Å². The van der Waals surface area contributed by atoms with Gasteiger partial charge in [0, 0.05) is 49.5 Å². The Morgan fingerprint density at radius 3 is 2.57 bits per heavy atom. The number of aromatic nitrogens is 2. The molecule has 2 aliphatic rings. The predicted molar refractivity (Wildman–Crippen MR) is 139 cm³/mol. The highest BCUT2D eigenvalue weighted by molar-refractivity contribution is 7.80. The van der Waals surface area contributed by atoms with Gasteiger partial charge >= 0.3 is 0 Å². The lowest BCUT2D eigenvalue weighted by atomic mass is 9.96. The lowest BCUT2D eigenvalue weighted by molar-refractivity contribution is 0.0365. The molecule has 3 aromatic rings. The normalized spacial score (nSPS) is 20.9. The molecule has 0 unspecified atom stereocenters. The Hall–Kier alpha value is -2.81. The molecule has 0 saturated carbocycles. The zero-order valence-electron chi connectivity index (χ0n) is 20.3. The number of thiocarbonyl (C=S) groups is 1. The molecule has 0 aliphatic carbocycles. The maximum absolute atomic E-state index is 13.6. The van der Waals surface area contributed by atoms with Crippen molar-refractivity contribution in [2.24, 2.45) is 0 Å². The SMILES string of the molecule is Cc1cc([C@@H]2[C@@H](c3ccccn3)NC(=S)N2CCCN2CCOCC2)c(C)n1-c1ccc(F)cc1. The molecule has 184 valence electrons. The van der Waals surface area contributed by atoms with Crippen LogP contribution in [0.5, 0.6) is 0 Å². The molecule has 0 amide bonds. The van der Waals surface area contributed by atoms with Crippen LogP contribution >= 0.6 is 12.2 Å². The van der Waals surface area contributed by atoms with Crippen molar-refractivity contribution in [2.75, 3.05) is 39.4 Å². The highest BCUT2D eigenvalue weighted by atomic mass is 32.1. The Labute approximate surface area is 211 Å². The summed E-state index contributed by atoms with van der Waals surface area (Å²) in [5.74, 6) is -0.233. The van der Waals surface area contributed by atoms with Crippen molar-refractivity contribution < 1.29 is 9.13 Å². The molecule has 0 bridgehead atoms.